The molecule has 1 aromatic heterocycles. The number of halogens is 1. The van der Waals surface area contributed by atoms with Crippen molar-refractivity contribution >= 4 is 44.6 Å². The molecule has 0 unspecified atom stereocenters. The fourth-order valence-electron chi connectivity index (χ4n) is 2.29. The predicted molar refractivity (Wildman–Crippen MR) is 104 cm³/mol. The molecule has 0 atom stereocenters. The normalized spacial score (nSPS) is 11.4. The van der Waals surface area contributed by atoms with Gasteiger partial charge in [0.15, 0.2) is 0 Å². The van der Waals surface area contributed by atoms with Gasteiger partial charge in [-0.05, 0) is 30.3 Å². The van der Waals surface area contributed by atoms with Gasteiger partial charge in [0.1, 0.15) is 5.75 Å². The van der Waals surface area contributed by atoms with Crippen LogP contribution in [0.1, 0.15) is 11.8 Å². The number of methoxy groups -OCH3 is 1. The van der Waals surface area contributed by atoms with Crippen molar-refractivity contribution in [1.82, 2.24) is 4.31 Å². The van der Waals surface area contributed by atoms with Gasteiger partial charge in [0.05, 0.1) is 22.0 Å². The molecule has 1 aromatic carbocycles. The van der Waals surface area contributed by atoms with Gasteiger partial charge in [-0.25, -0.2) is 8.42 Å². The lowest BCUT2D eigenvalue weighted by atomic mass is 10.3. The molecule has 1 amide bonds. The van der Waals surface area contributed by atoms with Crippen molar-refractivity contribution in [3.8, 4) is 5.75 Å². The first-order chi connectivity index (χ1) is 12.3. The van der Waals surface area contributed by atoms with Crippen LogP contribution in [0, 0.1) is 0 Å². The Kier molecular flexibility index (Phi) is 6.82. The van der Waals surface area contributed by atoms with Crippen molar-refractivity contribution in [3.63, 3.8) is 0 Å². The van der Waals surface area contributed by atoms with E-state index in [1.54, 1.807) is 12.1 Å². The van der Waals surface area contributed by atoms with E-state index in [0.717, 1.165) is 4.88 Å². The van der Waals surface area contributed by atoms with Crippen molar-refractivity contribution < 1.29 is 17.9 Å². The Morgan fingerprint density at radius 3 is 2.65 bits per heavy atom. The molecule has 140 valence electrons. The second kappa shape index (κ2) is 8.68. The number of hydrogen-bond donors (Lipinski definition) is 1. The van der Waals surface area contributed by atoms with E-state index in [4.69, 9.17) is 16.3 Å². The maximum absolute atomic E-state index is 13.1. The van der Waals surface area contributed by atoms with Crippen LogP contribution in [-0.4, -0.2) is 32.3 Å². The van der Waals surface area contributed by atoms with E-state index in [1.165, 1.54) is 54.0 Å². The summed E-state index contributed by atoms with van der Waals surface area (Å²) < 4.78 is 33.2. The molecule has 0 bridgehead atoms. The van der Waals surface area contributed by atoms with Gasteiger partial charge >= 0.3 is 0 Å². The highest BCUT2D eigenvalue weighted by Gasteiger charge is 2.25. The molecule has 2 rings (SSSR count). The minimum atomic E-state index is -3.82. The van der Waals surface area contributed by atoms with E-state index in [1.807, 2.05) is 0 Å². The van der Waals surface area contributed by atoms with Crippen LogP contribution in [0.15, 0.2) is 47.9 Å². The van der Waals surface area contributed by atoms with E-state index in [-0.39, 0.29) is 23.9 Å². The van der Waals surface area contributed by atoms with Crippen LogP contribution in [0.25, 0.3) is 0 Å². The quantitative estimate of drug-likeness (QED) is 0.667. The third-order valence-corrected chi connectivity index (χ3v) is 6.44. The molecular formula is C17H19ClN2O4S2. The molecule has 0 saturated heterocycles. The highest BCUT2D eigenvalue weighted by Crippen LogP contribution is 2.30. The molecule has 1 heterocycles. The molecule has 0 saturated carbocycles. The molecule has 0 radical (unpaired) electrons. The summed E-state index contributed by atoms with van der Waals surface area (Å²) in [5, 5.41) is 2.58. The molecule has 2 aromatic rings. The molecule has 9 heteroatoms. The van der Waals surface area contributed by atoms with E-state index < -0.39 is 10.0 Å². The molecule has 0 fully saturated rings. The van der Waals surface area contributed by atoms with E-state index in [9.17, 15) is 13.2 Å². The molecule has 0 spiro atoms. The number of amides is 1. The summed E-state index contributed by atoms with van der Waals surface area (Å²) in [4.78, 5) is 12.2. The van der Waals surface area contributed by atoms with Gasteiger partial charge in [0.25, 0.3) is 0 Å². The van der Waals surface area contributed by atoms with Gasteiger partial charge < -0.3 is 10.1 Å². The lowest BCUT2D eigenvalue weighted by molar-refractivity contribution is -0.114. The highest BCUT2D eigenvalue weighted by molar-refractivity contribution is 7.89. The Hall–Kier alpha value is -1.87. The first-order valence-electron chi connectivity index (χ1n) is 7.58. The topological polar surface area (TPSA) is 75.7 Å². The Morgan fingerprint density at radius 2 is 2.12 bits per heavy atom. The maximum atomic E-state index is 13.1. The van der Waals surface area contributed by atoms with Crippen LogP contribution in [0.2, 0.25) is 4.34 Å². The summed E-state index contributed by atoms with van der Waals surface area (Å²) in [6.07, 6.45) is 1.52. The van der Waals surface area contributed by atoms with Crippen molar-refractivity contribution in [2.75, 3.05) is 19.0 Å². The first kappa shape index (κ1) is 20.4. The van der Waals surface area contributed by atoms with Gasteiger partial charge in [-0.3, -0.25) is 4.79 Å². The van der Waals surface area contributed by atoms with Gasteiger partial charge in [-0.15, -0.1) is 17.9 Å². The Morgan fingerprint density at radius 1 is 1.38 bits per heavy atom. The number of thiophene rings is 1. The maximum Gasteiger partial charge on any atom is 0.243 e. The number of carbonyl (C=O) groups is 1. The number of nitrogens with one attached hydrogen (secondary N) is 1. The number of hydrogen-bond acceptors (Lipinski definition) is 5. The highest BCUT2D eigenvalue weighted by atomic mass is 35.5. The fourth-order valence-corrected chi connectivity index (χ4v) is 4.89. The van der Waals surface area contributed by atoms with Gasteiger partial charge in [-0.1, -0.05) is 17.7 Å². The second-order valence-corrected chi connectivity index (χ2v) is 9.07. The number of rotatable bonds is 8. The average molecular weight is 415 g/mol. The molecule has 0 aliphatic carbocycles. The summed E-state index contributed by atoms with van der Waals surface area (Å²) in [5.41, 5.74) is 0.291. The molecule has 6 nitrogen and oxygen atoms in total. The zero-order valence-electron chi connectivity index (χ0n) is 14.4. The van der Waals surface area contributed by atoms with Gasteiger partial charge in [0, 0.05) is 24.9 Å². The largest absolute Gasteiger partial charge is 0.495 e. The van der Waals surface area contributed by atoms with Crippen LogP contribution in [0.5, 0.6) is 5.75 Å². The van der Waals surface area contributed by atoms with Crippen molar-refractivity contribution in [2.45, 2.75) is 18.4 Å². The third-order valence-electron chi connectivity index (χ3n) is 3.41. The number of carbonyl (C=O) groups excluding carboxylic acids is 1. The molecule has 0 aliphatic rings. The smallest absolute Gasteiger partial charge is 0.243 e. The fraction of sp³-hybridized carbons (Fsp3) is 0.235. The molecular weight excluding hydrogens is 396 g/mol. The zero-order valence-corrected chi connectivity index (χ0v) is 16.7. The predicted octanol–water partition coefficient (Wildman–Crippen LogP) is 3.75. The van der Waals surface area contributed by atoms with Gasteiger partial charge in [-0.2, -0.15) is 4.31 Å². The summed E-state index contributed by atoms with van der Waals surface area (Å²) >= 11 is 7.25. The summed E-state index contributed by atoms with van der Waals surface area (Å²) in [6, 6.07) is 7.84. The van der Waals surface area contributed by atoms with E-state index in [0.29, 0.717) is 15.8 Å². The SMILES string of the molecule is C=CCN(Cc1ccc(Cl)s1)S(=O)(=O)c1ccc(OC)c(NC(C)=O)c1. The number of anilines is 1. The number of ether oxygens (including phenoxy) is 1. The minimum Gasteiger partial charge on any atom is -0.495 e. The summed E-state index contributed by atoms with van der Waals surface area (Å²) in [5.74, 6) is 0.0495. The van der Waals surface area contributed by atoms with Crippen molar-refractivity contribution in [2.24, 2.45) is 0 Å². The Labute approximate surface area is 162 Å². The number of sulfonamides is 1. The van der Waals surface area contributed by atoms with Crippen LogP contribution in [0.4, 0.5) is 5.69 Å². The van der Waals surface area contributed by atoms with Gasteiger partial charge in [0.2, 0.25) is 15.9 Å². The van der Waals surface area contributed by atoms with Crippen molar-refractivity contribution in [1.29, 1.82) is 0 Å². The van der Waals surface area contributed by atoms with E-state index >= 15 is 0 Å². The van der Waals surface area contributed by atoms with Crippen molar-refractivity contribution in [3.05, 3.63) is 52.2 Å². The lowest BCUT2D eigenvalue weighted by Gasteiger charge is -2.21. The Balaban J connectivity index is 2.41. The number of nitrogens with zero attached hydrogens (tertiary/aromatic N) is 1. The first-order valence-corrected chi connectivity index (χ1v) is 10.2. The number of benzene rings is 1. The standard InChI is InChI=1S/C17H19ClN2O4S2/c1-4-9-20(11-13-5-8-17(18)25-13)26(22,23)14-6-7-16(24-3)15(10-14)19-12(2)21/h4-8,10H,1,9,11H2,2-3H3,(H,19,21). The third kappa shape index (κ3) is 4.85. The minimum absolute atomic E-state index is 0.0477. The zero-order chi connectivity index (χ0) is 19.3. The molecule has 1 N–H and O–H groups in total. The van der Waals surface area contributed by atoms with Crippen LogP contribution >= 0.6 is 22.9 Å². The lowest BCUT2D eigenvalue weighted by Crippen LogP contribution is -2.30. The van der Waals surface area contributed by atoms with Crippen LogP contribution in [0.3, 0.4) is 0 Å². The molecule has 0 aliphatic heterocycles. The van der Waals surface area contributed by atoms with E-state index in [2.05, 4.69) is 11.9 Å². The Bertz CT molecular complexity index is 909. The molecule has 26 heavy (non-hydrogen) atoms. The van der Waals surface area contributed by atoms with Crippen LogP contribution in [-0.2, 0) is 21.4 Å². The monoisotopic (exact) mass is 414 g/mol. The average Bonchev–Trinajstić information content (AvgIpc) is 2.99. The summed E-state index contributed by atoms with van der Waals surface area (Å²) in [7, 11) is -2.37. The second-order valence-electron chi connectivity index (χ2n) is 5.34. The summed E-state index contributed by atoms with van der Waals surface area (Å²) in [6.45, 7) is 5.28. The van der Waals surface area contributed by atoms with Crippen LogP contribution < -0.4 is 10.1 Å².